The Bertz CT molecular complexity index is 160. The highest BCUT2D eigenvalue weighted by Gasteiger charge is 2.21. The molecule has 4 heteroatoms. The van der Waals surface area contributed by atoms with Gasteiger partial charge in [0.05, 0.1) is 0 Å². The van der Waals surface area contributed by atoms with Gasteiger partial charge in [0.1, 0.15) is 0 Å². The molecule has 0 saturated carbocycles. The fourth-order valence-electron chi connectivity index (χ4n) is 1.59. The third-order valence-electron chi connectivity index (χ3n) is 2.33. The minimum Gasteiger partial charge on any atom is -0.351 e. The summed E-state index contributed by atoms with van der Waals surface area (Å²) >= 11 is 0. The van der Waals surface area contributed by atoms with E-state index in [0.717, 1.165) is 32.5 Å². The lowest BCUT2D eigenvalue weighted by atomic mass is 10.2. The maximum absolute atomic E-state index is 11.0. The summed E-state index contributed by atoms with van der Waals surface area (Å²) in [6.07, 6.45) is 1.97. The molecule has 1 aliphatic heterocycles. The van der Waals surface area contributed by atoms with Gasteiger partial charge in [0, 0.05) is 19.1 Å². The summed E-state index contributed by atoms with van der Waals surface area (Å²) in [6.45, 7) is 4.73. The zero-order chi connectivity index (χ0) is 8.97. The average Bonchev–Trinajstić information content (AvgIpc) is 2.27. The highest BCUT2D eigenvalue weighted by Crippen LogP contribution is 2.06. The Labute approximate surface area is 73.1 Å². The predicted octanol–water partition coefficient (Wildman–Crippen LogP) is 0.139. The smallest absolute Gasteiger partial charge is 0.315 e. The van der Waals surface area contributed by atoms with Crippen molar-refractivity contribution in [1.82, 2.24) is 10.2 Å². The SMILES string of the molecule is CCC1CNCCCN1C(N)=O. The van der Waals surface area contributed by atoms with Crippen LogP contribution in [0.2, 0.25) is 0 Å². The molecule has 1 aliphatic rings. The lowest BCUT2D eigenvalue weighted by molar-refractivity contribution is 0.186. The van der Waals surface area contributed by atoms with Gasteiger partial charge in [-0.05, 0) is 19.4 Å². The fraction of sp³-hybridized carbons (Fsp3) is 0.875. The van der Waals surface area contributed by atoms with Crippen molar-refractivity contribution in [2.24, 2.45) is 5.73 Å². The average molecular weight is 171 g/mol. The quantitative estimate of drug-likeness (QED) is 0.589. The van der Waals surface area contributed by atoms with Gasteiger partial charge >= 0.3 is 6.03 Å². The lowest BCUT2D eigenvalue weighted by Gasteiger charge is -2.26. The van der Waals surface area contributed by atoms with Gasteiger partial charge in [-0.25, -0.2) is 4.79 Å². The van der Waals surface area contributed by atoms with E-state index in [1.165, 1.54) is 0 Å². The highest BCUT2D eigenvalue weighted by atomic mass is 16.2. The number of amides is 2. The summed E-state index contributed by atoms with van der Waals surface area (Å²) in [5.41, 5.74) is 5.26. The molecule has 1 fully saturated rings. The van der Waals surface area contributed by atoms with Crippen molar-refractivity contribution in [3.63, 3.8) is 0 Å². The van der Waals surface area contributed by atoms with Gasteiger partial charge in [-0.3, -0.25) is 0 Å². The molecule has 0 radical (unpaired) electrons. The molecule has 0 aromatic heterocycles. The maximum atomic E-state index is 11.0. The van der Waals surface area contributed by atoms with Crippen LogP contribution in [0.4, 0.5) is 4.79 Å². The second-order valence-electron chi connectivity index (χ2n) is 3.15. The molecule has 0 spiro atoms. The zero-order valence-electron chi connectivity index (χ0n) is 7.55. The first kappa shape index (κ1) is 9.32. The van der Waals surface area contributed by atoms with Gasteiger partial charge in [-0.2, -0.15) is 0 Å². The van der Waals surface area contributed by atoms with Crippen LogP contribution in [0.25, 0.3) is 0 Å². The minimum absolute atomic E-state index is 0.282. The van der Waals surface area contributed by atoms with E-state index in [1.54, 1.807) is 4.90 Å². The second-order valence-corrected chi connectivity index (χ2v) is 3.15. The number of rotatable bonds is 1. The number of nitrogens with zero attached hydrogens (tertiary/aromatic N) is 1. The van der Waals surface area contributed by atoms with Crippen LogP contribution in [0.15, 0.2) is 0 Å². The van der Waals surface area contributed by atoms with Crippen molar-refractivity contribution in [1.29, 1.82) is 0 Å². The Balaban J connectivity index is 2.57. The van der Waals surface area contributed by atoms with Crippen molar-refractivity contribution < 1.29 is 4.79 Å². The Kier molecular flexibility index (Phi) is 3.34. The third kappa shape index (κ3) is 2.11. The van der Waals surface area contributed by atoms with Crippen LogP contribution in [0.5, 0.6) is 0 Å². The molecule has 1 heterocycles. The minimum atomic E-state index is -0.287. The number of hydrogen-bond acceptors (Lipinski definition) is 2. The Morgan fingerprint density at radius 2 is 2.50 bits per heavy atom. The van der Waals surface area contributed by atoms with Crippen LogP contribution in [-0.4, -0.2) is 36.6 Å². The van der Waals surface area contributed by atoms with E-state index in [-0.39, 0.29) is 12.1 Å². The zero-order valence-corrected chi connectivity index (χ0v) is 7.55. The Hall–Kier alpha value is -0.770. The van der Waals surface area contributed by atoms with Gasteiger partial charge in [0.15, 0.2) is 0 Å². The molecule has 12 heavy (non-hydrogen) atoms. The van der Waals surface area contributed by atoms with E-state index in [1.807, 2.05) is 0 Å². The molecule has 0 aromatic rings. The third-order valence-corrected chi connectivity index (χ3v) is 2.33. The molecular formula is C8H17N3O. The molecular weight excluding hydrogens is 154 g/mol. The number of primary amides is 1. The summed E-state index contributed by atoms with van der Waals surface area (Å²) in [5, 5.41) is 3.28. The van der Waals surface area contributed by atoms with Crippen LogP contribution >= 0.6 is 0 Å². The van der Waals surface area contributed by atoms with Crippen molar-refractivity contribution >= 4 is 6.03 Å². The molecule has 0 aromatic carbocycles. The molecule has 3 N–H and O–H groups in total. The standard InChI is InChI=1S/C8H17N3O/c1-2-7-6-10-4-3-5-11(7)8(9)12/h7,10H,2-6H2,1H3,(H2,9,12). The van der Waals surface area contributed by atoms with Crippen LogP contribution in [0, 0.1) is 0 Å². The van der Waals surface area contributed by atoms with Gasteiger partial charge < -0.3 is 16.0 Å². The van der Waals surface area contributed by atoms with Gasteiger partial charge in [-0.1, -0.05) is 6.92 Å². The number of carbonyl (C=O) groups is 1. The number of hydrogen-bond donors (Lipinski definition) is 2. The fourth-order valence-corrected chi connectivity index (χ4v) is 1.59. The van der Waals surface area contributed by atoms with E-state index in [9.17, 15) is 4.79 Å². The van der Waals surface area contributed by atoms with Crippen molar-refractivity contribution in [3.8, 4) is 0 Å². The van der Waals surface area contributed by atoms with Crippen LogP contribution in [0.1, 0.15) is 19.8 Å². The highest BCUT2D eigenvalue weighted by molar-refractivity contribution is 5.72. The molecule has 0 aliphatic carbocycles. The van der Waals surface area contributed by atoms with E-state index in [0.29, 0.717) is 0 Å². The van der Waals surface area contributed by atoms with Crippen LogP contribution in [-0.2, 0) is 0 Å². The van der Waals surface area contributed by atoms with E-state index in [2.05, 4.69) is 12.2 Å². The molecule has 1 saturated heterocycles. The van der Waals surface area contributed by atoms with E-state index in [4.69, 9.17) is 5.73 Å². The van der Waals surface area contributed by atoms with Gasteiger partial charge in [0.25, 0.3) is 0 Å². The summed E-state index contributed by atoms with van der Waals surface area (Å²) in [7, 11) is 0. The number of carbonyl (C=O) groups excluding carboxylic acids is 1. The lowest BCUT2D eigenvalue weighted by Crippen LogP contribution is -2.45. The van der Waals surface area contributed by atoms with Crippen molar-refractivity contribution in [3.05, 3.63) is 0 Å². The predicted molar refractivity (Wildman–Crippen MR) is 47.9 cm³/mol. The first-order valence-corrected chi connectivity index (χ1v) is 4.52. The topological polar surface area (TPSA) is 58.4 Å². The Morgan fingerprint density at radius 1 is 1.75 bits per heavy atom. The van der Waals surface area contributed by atoms with Crippen molar-refractivity contribution in [2.45, 2.75) is 25.8 Å². The molecule has 70 valence electrons. The van der Waals surface area contributed by atoms with E-state index >= 15 is 0 Å². The van der Waals surface area contributed by atoms with Gasteiger partial charge in [-0.15, -0.1) is 0 Å². The first-order chi connectivity index (χ1) is 5.75. The van der Waals surface area contributed by atoms with Crippen molar-refractivity contribution in [2.75, 3.05) is 19.6 Å². The number of nitrogens with two attached hydrogens (primary N) is 1. The Morgan fingerprint density at radius 3 is 3.08 bits per heavy atom. The summed E-state index contributed by atoms with van der Waals surface area (Å²) in [6, 6.07) is -0.00412. The van der Waals surface area contributed by atoms with E-state index < -0.39 is 0 Å². The molecule has 4 nitrogen and oxygen atoms in total. The number of urea groups is 1. The first-order valence-electron chi connectivity index (χ1n) is 4.52. The number of nitrogens with one attached hydrogen (secondary N) is 1. The monoisotopic (exact) mass is 171 g/mol. The largest absolute Gasteiger partial charge is 0.351 e. The summed E-state index contributed by atoms with van der Waals surface area (Å²) in [5.74, 6) is 0. The molecule has 1 atom stereocenters. The van der Waals surface area contributed by atoms with Crippen LogP contribution < -0.4 is 11.1 Å². The molecule has 1 rings (SSSR count). The maximum Gasteiger partial charge on any atom is 0.315 e. The van der Waals surface area contributed by atoms with Gasteiger partial charge in [0.2, 0.25) is 0 Å². The second kappa shape index (κ2) is 4.30. The summed E-state index contributed by atoms with van der Waals surface area (Å²) in [4.78, 5) is 12.8. The molecule has 0 bridgehead atoms. The van der Waals surface area contributed by atoms with Crippen LogP contribution in [0.3, 0.4) is 0 Å². The molecule has 1 unspecified atom stereocenters. The normalized spacial score (nSPS) is 25.1. The molecule has 2 amide bonds. The summed E-state index contributed by atoms with van der Waals surface area (Å²) < 4.78 is 0.